The van der Waals surface area contributed by atoms with Gasteiger partial charge < -0.3 is 9.73 Å². The lowest BCUT2D eigenvalue weighted by Crippen LogP contribution is -2.25. The lowest BCUT2D eigenvalue weighted by molar-refractivity contribution is 0.0964. The van der Waals surface area contributed by atoms with Crippen LogP contribution in [0.4, 0.5) is 10.1 Å². The minimum absolute atomic E-state index is 0.0830. The zero-order valence-electron chi connectivity index (χ0n) is 16.9. The summed E-state index contributed by atoms with van der Waals surface area (Å²) in [6.07, 6.45) is 5.32. The van der Waals surface area contributed by atoms with E-state index in [4.69, 9.17) is 4.42 Å². The number of benzene rings is 2. The molecule has 7 heteroatoms. The summed E-state index contributed by atoms with van der Waals surface area (Å²) in [7, 11) is 0.368. The van der Waals surface area contributed by atoms with Crippen LogP contribution in [-0.4, -0.2) is 30.0 Å². The summed E-state index contributed by atoms with van der Waals surface area (Å²) in [4.78, 5) is 12.8. The Bertz CT molecular complexity index is 1150. The Balaban J connectivity index is 2.02. The summed E-state index contributed by atoms with van der Waals surface area (Å²) in [5.74, 6) is -0.186. The molecule has 0 radical (unpaired) electrons. The number of amides is 1. The third kappa shape index (κ3) is 3.43. The number of hydrogen-bond donors (Lipinski definition) is 1. The third-order valence-corrected chi connectivity index (χ3v) is 6.54. The van der Waals surface area contributed by atoms with Gasteiger partial charge in [0.2, 0.25) is 0 Å². The van der Waals surface area contributed by atoms with Crippen molar-refractivity contribution in [2.45, 2.75) is 18.8 Å². The summed E-state index contributed by atoms with van der Waals surface area (Å²) in [5.41, 5.74) is 3.33. The number of nitrogens with zero attached hydrogens (tertiary/aromatic N) is 1. The van der Waals surface area contributed by atoms with Gasteiger partial charge in [-0.05, 0) is 48.7 Å². The highest BCUT2D eigenvalue weighted by Crippen LogP contribution is 2.42. The number of fused-ring (bicyclic) bond motifs is 2. The van der Waals surface area contributed by atoms with E-state index in [1.807, 2.05) is 22.5 Å². The average Bonchev–Trinajstić information content (AvgIpc) is 3.00. The molecule has 30 heavy (non-hydrogen) atoms. The van der Waals surface area contributed by atoms with Gasteiger partial charge in [0.05, 0.1) is 11.3 Å². The minimum atomic E-state index is -1.20. The zero-order chi connectivity index (χ0) is 21.4. The third-order valence-electron chi connectivity index (χ3n) is 5.54. The summed E-state index contributed by atoms with van der Waals surface area (Å²) in [6, 6.07) is 9.65. The van der Waals surface area contributed by atoms with Crippen LogP contribution in [0.2, 0.25) is 0 Å². The maximum atomic E-state index is 13.4. The van der Waals surface area contributed by atoms with Gasteiger partial charge in [-0.3, -0.25) is 9.10 Å². The topological polar surface area (TPSA) is 62.6 Å². The van der Waals surface area contributed by atoms with Crippen molar-refractivity contribution in [3.05, 3.63) is 66.0 Å². The summed E-state index contributed by atoms with van der Waals surface area (Å²) in [5, 5.41) is 3.34. The quantitative estimate of drug-likeness (QED) is 0.612. The van der Waals surface area contributed by atoms with E-state index in [1.54, 1.807) is 25.4 Å². The number of nitrogens with one attached hydrogen (secondary N) is 1. The number of halogens is 1. The van der Waals surface area contributed by atoms with Crippen LogP contribution >= 0.6 is 0 Å². The number of carbonyl (C=O) groups excluding carboxylic acids is 1. The van der Waals surface area contributed by atoms with E-state index in [0.29, 0.717) is 34.4 Å². The maximum Gasteiger partial charge on any atom is 0.255 e. The molecular weight excluding hydrogens is 403 g/mol. The minimum Gasteiger partial charge on any atom is -0.455 e. The lowest BCUT2D eigenvalue weighted by Gasteiger charge is -2.22. The monoisotopic (exact) mass is 426 g/mol. The van der Waals surface area contributed by atoms with Gasteiger partial charge in [-0.2, -0.15) is 0 Å². The first-order valence-corrected chi connectivity index (χ1v) is 11.3. The molecule has 2 aromatic carbocycles. The second-order valence-corrected chi connectivity index (χ2v) is 8.60. The number of carbonyl (C=O) groups is 1. The van der Waals surface area contributed by atoms with Crippen LogP contribution in [0.15, 0.2) is 53.5 Å². The van der Waals surface area contributed by atoms with E-state index in [1.165, 1.54) is 12.1 Å². The van der Waals surface area contributed by atoms with E-state index < -0.39 is 11.0 Å². The van der Waals surface area contributed by atoms with Crippen LogP contribution in [0.1, 0.15) is 34.7 Å². The van der Waals surface area contributed by atoms with E-state index >= 15 is 0 Å². The standard InChI is InChI=1S/C23H23FN2O3S/c1-4-14-6-5-11-26(30(3)28)19-13-20-18(12-17(14)19)21(23(27)25-2)22(29-20)15-7-9-16(24)10-8-15/h4,7-10,12-14H,1,5-6,11H2,2-3H3,(H,25,27). The molecule has 1 amide bonds. The number of anilines is 1. The fourth-order valence-electron chi connectivity index (χ4n) is 4.06. The van der Waals surface area contributed by atoms with Crippen LogP contribution in [0.5, 0.6) is 0 Å². The summed E-state index contributed by atoms with van der Waals surface area (Å²) < 4.78 is 33.8. The van der Waals surface area contributed by atoms with Crippen LogP contribution in [0.25, 0.3) is 22.3 Å². The van der Waals surface area contributed by atoms with Gasteiger partial charge >= 0.3 is 0 Å². The van der Waals surface area contributed by atoms with Crippen molar-refractivity contribution in [2.75, 3.05) is 24.2 Å². The predicted octanol–water partition coefficient (Wildman–Crippen LogP) is 4.76. The van der Waals surface area contributed by atoms with Crippen molar-refractivity contribution < 1.29 is 17.8 Å². The molecule has 2 heterocycles. The fraction of sp³-hybridized carbons (Fsp3) is 0.261. The first-order valence-electron chi connectivity index (χ1n) is 9.76. The maximum absolute atomic E-state index is 13.4. The fourth-order valence-corrected chi connectivity index (χ4v) is 4.88. The summed E-state index contributed by atoms with van der Waals surface area (Å²) >= 11 is 0. The second-order valence-electron chi connectivity index (χ2n) is 7.31. The van der Waals surface area contributed by atoms with Crippen LogP contribution in [0.3, 0.4) is 0 Å². The Morgan fingerprint density at radius 3 is 2.70 bits per heavy atom. The van der Waals surface area contributed by atoms with E-state index in [9.17, 15) is 13.4 Å². The molecule has 1 N–H and O–H groups in total. The summed E-state index contributed by atoms with van der Waals surface area (Å²) in [6.45, 7) is 4.64. The Kier molecular flexibility index (Phi) is 5.47. The van der Waals surface area contributed by atoms with E-state index in [0.717, 1.165) is 24.1 Å². The van der Waals surface area contributed by atoms with Crippen molar-refractivity contribution in [3.63, 3.8) is 0 Å². The number of allylic oxidation sites excluding steroid dienone is 1. The van der Waals surface area contributed by atoms with Crippen molar-refractivity contribution in [2.24, 2.45) is 0 Å². The average molecular weight is 427 g/mol. The number of hydrogen-bond acceptors (Lipinski definition) is 3. The van der Waals surface area contributed by atoms with Crippen molar-refractivity contribution in [1.29, 1.82) is 0 Å². The number of rotatable bonds is 4. The second kappa shape index (κ2) is 8.07. The molecule has 5 nitrogen and oxygen atoms in total. The Labute approximate surface area is 177 Å². The van der Waals surface area contributed by atoms with Crippen molar-refractivity contribution in [3.8, 4) is 11.3 Å². The van der Waals surface area contributed by atoms with Gasteiger partial charge in [0.15, 0.2) is 0 Å². The smallest absolute Gasteiger partial charge is 0.255 e. The Hall–Kier alpha value is -2.93. The first kappa shape index (κ1) is 20.3. The Morgan fingerprint density at radius 1 is 1.33 bits per heavy atom. The predicted molar refractivity (Wildman–Crippen MR) is 119 cm³/mol. The van der Waals surface area contributed by atoms with Gasteiger partial charge in [0, 0.05) is 42.8 Å². The van der Waals surface area contributed by atoms with Gasteiger partial charge in [0.25, 0.3) is 5.91 Å². The molecule has 2 unspecified atom stereocenters. The normalized spacial score (nSPS) is 17.3. The molecule has 3 aromatic rings. The van der Waals surface area contributed by atoms with Crippen molar-refractivity contribution in [1.82, 2.24) is 5.32 Å². The molecule has 0 aliphatic carbocycles. The van der Waals surface area contributed by atoms with Crippen LogP contribution in [0, 0.1) is 5.82 Å². The highest BCUT2D eigenvalue weighted by atomic mass is 32.2. The molecule has 0 saturated carbocycles. The van der Waals surface area contributed by atoms with Gasteiger partial charge in [-0.15, -0.1) is 6.58 Å². The van der Waals surface area contributed by atoms with Crippen molar-refractivity contribution >= 4 is 33.5 Å². The largest absolute Gasteiger partial charge is 0.455 e. The molecule has 0 saturated heterocycles. The Morgan fingerprint density at radius 2 is 2.07 bits per heavy atom. The highest BCUT2D eigenvalue weighted by molar-refractivity contribution is 7.85. The molecule has 156 valence electrons. The molecule has 0 bridgehead atoms. The molecular formula is C23H23FN2O3S. The van der Waals surface area contributed by atoms with Crippen LogP contribution < -0.4 is 9.62 Å². The van der Waals surface area contributed by atoms with Crippen LogP contribution in [-0.2, 0) is 11.0 Å². The SMILES string of the molecule is C=CC1CCCN(S(C)=O)c2cc3oc(-c4ccc(F)cc4)c(C(=O)NC)c3cc21. The highest BCUT2D eigenvalue weighted by Gasteiger charge is 2.28. The molecule has 1 aromatic heterocycles. The molecule has 1 aliphatic heterocycles. The molecule has 1 aliphatic rings. The van der Waals surface area contributed by atoms with Gasteiger partial charge in [0.1, 0.15) is 28.1 Å². The molecule has 4 rings (SSSR count). The van der Waals surface area contributed by atoms with E-state index in [-0.39, 0.29) is 17.6 Å². The molecule has 0 fully saturated rings. The van der Waals surface area contributed by atoms with Gasteiger partial charge in [-0.25, -0.2) is 8.60 Å². The van der Waals surface area contributed by atoms with Gasteiger partial charge in [-0.1, -0.05) is 6.08 Å². The zero-order valence-corrected chi connectivity index (χ0v) is 17.7. The molecule has 2 atom stereocenters. The molecule has 0 spiro atoms. The first-order chi connectivity index (χ1) is 14.4. The van der Waals surface area contributed by atoms with E-state index in [2.05, 4.69) is 11.9 Å². The lowest BCUT2D eigenvalue weighted by atomic mass is 9.92. The number of furan rings is 1.